The summed E-state index contributed by atoms with van der Waals surface area (Å²) in [5.74, 6) is -0.628. The molecule has 1 fully saturated rings. The molecule has 1 heterocycles. The maximum Gasteiger partial charge on any atom is 0.410 e. The van der Waals surface area contributed by atoms with Gasteiger partial charge in [0.2, 0.25) is 0 Å². The number of benzene rings is 1. The fourth-order valence-corrected chi connectivity index (χ4v) is 1.96. The number of carbonyl (C=O) groups is 2. The SMILES string of the molecule is CC(C)(C)OC(=O)N1CC(Oc2ccc(C(=O)O)cc2N)C1. The number of carboxylic acids is 1. The Morgan fingerprint density at radius 1 is 1.32 bits per heavy atom. The lowest BCUT2D eigenvalue weighted by atomic mass is 10.1. The minimum Gasteiger partial charge on any atom is -0.485 e. The smallest absolute Gasteiger partial charge is 0.410 e. The Kier molecular flexibility index (Phi) is 4.16. The molecule has 7 nitrogen and oxygen atoms in total. The number of ether oxygens (including phenoxy) is 2. The van der Waals surface area contributed by atoms with Gasteiger partial charge in [-0.15, -0.1) is 0 Å². The summed E-state index contributed by atoms with van der Waals surface area (Å²) in [6.07, 6.45) is -0.549. The van der Waals surface area contributed by atoms with Crippen molar-refractivity contribution in [2.75, 3.05) is 18.8 Å². The maximum atomic E-state index is 11.8. The summed E-state index contributed by atoms with van der Waals surface area (Å²) in [6.45, 7) is 6.25. The summed E-state index contributed by atoms with van der Waals surface area (Å²) in [4.78, 5) is 24.2. The standard InChI is InChI=1S/C15H20N2O5/c1-15(2,3)22-14(20)17-7-10(8-17)21-12-5-4-9(13(18)19)6-11(12)16/h4-6,10H,7-8,16H2,1-3H3,(H,18,19). The second-order valence-corrected chi connectivity index (χ2v) is 6.18. The number of nitrogens with zero attached hydrogens (tertiary/aromatic N) is 1. The molecule has 2 rings (SSSR count). The zero-order chi connectivity index (χ0) is 16.5. The van der Waals surface area contributed by atoms with Gasteiger partial charge in [-0.2, -0.15) is 0 Å². The Balaban J connectivity index is 1.88. The number of hydrogen-bond donors (Lipinski definition) is 2. The van der Waals surface area contributed by atoms with Gasteiger partial charge in [-0.1, -0.05) is 0 Å². The zero-order valence-electron chi connectivity index (χ0n) is 12.8. The molecule has 0 bridgehead atoms. The number of rotatable bonds is 3. The summed E-state index contributed by atoms with van der Waals surface area (Å²) in [7, 11) is 0. The fourth-order valence-electron chi connectivity index (χ4n) is 1.96. The van der Waals surface area contributed by atoms with Crippen LogP contribution in [0.15, 0.2) is 18.2 Å². The van der Waals surface area contributed by atoms with E-state index in [1.54, 1.807) is 0 Å². The van der Waals surface area contributed by atoms with Crippen LogP contribution in [-0.4, -0.2) is 46.9 Å². The van der Waals surface area contributed by atoms with Crippen LogP contribution in [0.25, 0.3) is 0 Å². The van der Waals surface area contributed by atoms with Crippen molar-refractivity contribution in [2.45, 2.75) is 32.5 Å². The first-order valence-electron chi connectivity index (χ1n) is 6.93. The number of nitrogen functional groups attached to an aromatic ring is 1. The van der Waals surface area contributed by atoms with Crippen LogP contribution in [0.1, 0.15) is 31.1 Å². The molecular weight excluding hydrogens is 288 g/mol. The van der Waals surface area contributed by atoms with Crippen molar-refractivity contribution in [3.05, 3.63) is 23.8 Å². The number of amides is 1. The molecule has 3 N–H and O–H groups in total. The van der Waals surface area contributed by atoms with Crippen molar-refractivity contribution in [3.8, 4) is 5.75 Å². The topological polar surface area (TPSA) is 102 Å². The molecule has 0 aromatic heterocycles. The fraction of sp³-hybridized carbons (Fsp3) is 0.467. The molecule has 120 valence electrons. The van der Waals surface area contributed by atoms with E-state index in [-0.39, 0.29) is 23.4 Å². The molecule has 0 saturated carbocycles. The molecule has 1 aliphatic heterocycles. The molecule has 0 radical (unpaired) electrons. The van der Waals surface area contributed by atoms with E-state index in [4.69, 9.17) is 20.3 Å². The van der Waals surface area contributed by atoms with Gasteiger partial charge in [0.15, 0.2) is 0 Å². The molecular formula is C15H20N2O5. The monoisotopic (exact) mass is 308 g/mol. The predicted octanol–water partition coefficient (Wildman–Crippen LogP) is 1.97. The highest BCUT2D eigenvalue weighted by molar-refractivity contribution is 5.89. The molecule has 1 aromatic rings. The van der Waals surface area contributed by atoms with Crippen LogP contribution < -0.4 is 10.5 Å². The van der Waals surface area contributed by atoms with Gasteiger partial charge in [-0.05, 0) is 39.0 Å². The second kappa shape index (κ2) is 5.75. The largest absolute Gasteiger partial charge is 0.485 e. The van der Waals surface area contributed by atoms with E-state index in [1.165, 1.54) is 23.1 Å². The first-order valence-corrected chi connectivity index (χ1v) is 6.93. The summed E-state index contributed by atoms with van der Waals surface area (Å²) >= 11 is 0. The van der Waals surface area contributed by atoms with Gasteiger partial charge in [-0.25, -0.2) is 9.59 Å². The van der Waals surface area contributed by atoms with Crippen LogP contribution in [0, 0.1) is 0 Å². The lowest BCUT2D eigenvalue weighted by Gasteiger charge is -2.39. The molecule has 1 saturated heterocycles. The number of likely N-dealkylation sites (tertiary alicyclic amines) is 1. The minimum atomic E-state index is -1.04. The first kappa shape index (κ1) is 15.9. The maximum absolute atomic E-state index is 11.8. The van der Waals surface area contributed by atoms with Gasteiger partial charge in [0.25, 0.3) is 0 Å². The molecule has 1 aliphatic rings. The average molecular weight is 308 g/mol. The molecule has 1 amide bonds. The lowest BCUT2D eigenvalue weighted by Crippen LogP contribution is -2.57. The Morgan fingerprint density at radius 2 is 1.95 bits per heavy atom. The van der Waals surface area contributed by atoms with E-state index < -0.39 is 11.6 Å². The summed E-state index contributed by atoms with van der Waals surface area (Å²) in [5, 5.41) is 8.87. The molecule has 0 aliphatic carbocycles. The molecule has 0 spiro atoms. The van der Waals surface area contributed by atoms with E-state index in [0.29, 0.717) is 18.8 Å². The van der Waals surface area contributed by atoms with Crippen molar-refractivity contribution in [2.24, 2.45) is 0 Å². The van der Waals surface area contributed by atoms with Crippen LogP contribution in [0.3, 0.4) is 0 Å². The third kappa shape index (κ3) is 3.81. The molecule has 1 aromatic carbocycles. The van der Waals surface area contributed by atoms with Crippen LogP contribution in [0.5, 0.6) is 5.75 Å². The van der Waals surface area contributed by atoms with Gasteiger partial charge in [0, 0.05) is 0 Å². The normalized spacial score (nSPS) is 15.1. The Morgan fingerprint density at radius 3 is 2.45 bits per heavy atom. The Labute approximate surface area is 128 Å². The van der Waals surface area contributed by atoms with E-state index in [1.807, 2.05) is 20.8 Å². The van der Waals surface area contributed by atoms with Crippen molar-refractivity contribution in [1.29, 1.82) is 0 Å². The van der Waals surface area contributed by atoms with Crippen LogP contribution in [-0.2, 0) is 4.74 Å². The molecule has 0 unspecified atom stereocenters. The summed E-state index contributed by atoms with van der Waals surface area (Å²) < 4.78 is 10.9. The van der Waals surface area contributed by atoms with Crippen molar-refractivity contribution >= 4 is 17.7 Å². The Hall–Kier alpha value is -2.44. The lowest BCUT2D eigenvalue weighted by molar-refractivity contribution is -0.0219. The van der Waals surface area contributed by atoms with E-state index in [9.17, 15) is 9.59 Å². The molecule has 0 atom stereocenters. The molecule has 22 heavy (non-hydrogen) atoms. The number of anilines is 1. The van der Waals surface area contributed by atoms with Crippen molar-refractivity contribution < 1.29 is 24.2 Å². The van der Waals surface area contributed by atoms with E-state index in [2.05, 4.69) is 0 Å². The van der Waals surface area contributed by atoms with Crippen molar-refractivity contribution in [3.63, 3.8) is 0 Å². The quantitative estimate of drug-likeness (QED) is 0.828. The summed E-state index contributed by atoms with van der Waals surface area (Å²) in [5.41, 5.74) is 5.61. The zero-order valence-corrected chi connectivity index (χ0v) is 12.8. The third-order valence-electron chi connectivity index (χ3n) is 3.05. The number of aromatic carboxylic acids is 1. The first-order chi connectivity index (χ1) is 10.2. The van der Waals surface area contributed by atoms with E-state index in [0.717, 1.165) is 0 Å². The number of hydrogen-bond acceptors (Lipinski definition) is 5. The highest BCUT2D eigenvalue weighted by Crippen LogP contribution is 2.26. The minimum absolute atomic E-state index is 0.105. The number of carbonyl (C=O) groups excluding carboxylic acids is 1. The van der Waals surface area contributed by atoms with Crippen LogP contribution >= 0.6 is 0 Å². The summed E-state index contributed by atoms with van der Waals surface area (Å²) in [6, 6.07) is 4.30. The Bertz CT molecular complexity index is 588. The van der Waals surface area contributed by atoms with E-state index >= 15 is 0 Å². The van der Waals surface area contributed by atoms with Crippen LogP contribution in [0.2, 0.25) is 0 Å². The van der Waals surface area contributed by atoms with Gasteiger partial charge in [-0.3, -0.25) is 0 Å². The van der Waals surface area contributed by atoms with Gasteiger partial charge in [0.1, 0.15) is 17.5 Å². The highest BCUT2D eigenvalue weighted by atomic mass is 16.6. The highest BCUT2D eigenvalue weighted by Gasteiger charge is 2.35. The number of carboxylic acid groups (broad SMARTS) is 1. The van der Waals surface area contributed by atoms with Gasteiger partial charge < -0.3 is 25.2 Å². The van der Waals surface area contributed by atoms with Gasteiger partial charge >= 0.3 is 12.1 Å². The van der Waals surface area contributed by atoms with Crippen molar-refractivity contribution in [1.82, 2.24) is 4.90 Å². The average Bonchev–Trinajstić information content (AvgIpc) is 2.31. The van der Waals surface area contributed by atoms with Crippen LogP contribution in [0.4, 0.5) is 10.5 Å². The van der Waals surface area contributed by atoms with Gasteiger partial charge in [0.05, 0.1) is 24.3 Å². The predicted molar refractivity (Wildman–Crippen MR) is 80.0 cm³/mol. The molecule has 7 heteroatoms. The number of nitrogens with two attached hydrogens (primary N) is 1. The third-order valence-corrected chi connectivity index (χ3v) is 3.05. The second-order valence-electron chi connectivity index (χ2n) is 6.18.